The molecular weight excluding hydrogens is 267 g/mol. The van der Waals surface area contributed by atoms with Crippen molar-refractivity contribution in [2.75, 3.05) is 19.0 Å². The van der Waals surface area contributed by atoms with Crippen molar-refractivity contribution in [1.82, 2.24) is 0 Å². The Labute approximate surface area is 124 Å². The van der Waals surface area contributed by atoms with Crippen molar-refractivity contribution < 1.29 is 9.13 Å². The summed E-state index contributed by atoms with van der Waals surface area (Å²) in [5, 5.41) is 3.39. The minimum absolute atomic E-state index is 0.245. The quantitative estimate of drug-likeness (QED) is 0.858. The lowest BCUT2D eigenvalue weighted by atomic mass is 9.92. The van der Waals surface area contributed by atoms with E-state index in [1.807, 2.05) is 24.3 Å². The molecule has 0 saturated carbocycles. The maximum absolute atomic E-state index is 13.0. The molecule has 3 nitrogen and oxygen atoms in total. The van der Waals surface area contributed by atoms with Crippen LogP contribution in [0, 0.1) is 5.82 Å². The lowest BCUT2D eigenvalue weighted by molar-refractivity contribution is 0.414. The van der Waals surface area contributed by atoms with Crippen LogP contribution in [-0.2, 0) is 6.42 Å². The zero-order valence-electron chi connectivity index (χ0n) is 12.4. The molecule has 0 saturated heterocycles. The van der Waals surface area contributed by atoms with E-state index in [0.29, 0.717) is 6.54 Å². The standard InChI is InChI=1S/C17H21FN2O/c1-17(12-19,20-15-7-5-14(18)6-8-15)11-13-3-9-16(21-2)10-4-13/h3-10,20H,11-12,19H2,1-2H3. The van der Waals surface area contributed by atoms with E-state index in [4.69, 9.17) is 10.5 Å². The molecule has 0 radical (unpaired) electrons. The van der Waals surface area contributed by atoms with Crippen molar-refractivity contribution >= 4 is 5.69 Å². The van der Waals surface area contributed by atoms with Crippen molar-refractivity contribution in [3.63, 3.8) is 0 Å². The van der Waals surface area contributed by atoms with Gasteiger partial charge in [-0.15, -0.1) is 0 Å². The number of anilines is 1. The van der Waals surface area contributed by atoms with Gasteiger partial charge in [-0.2, -0.15) is 0 Å². The second-order valence-corrected chi connectivity index (χ2v) is 5.42. The topological polar surface area (TPSA) is 47.3 Å². The Morgan fingerprint density at radius 2 is 1.71 bits per heavy atom. The van der Waals surface area contributed by atoms with Gasteiger partial charge < -0.3 is 15.8 Å². The zero-order valence-corrected chi connectivity index (χ0v) is 12.4. The van der Waals surface area contributed by atoms with Gasteiger partial charge >= 0.3 is 0 Å². The Balaban J connectivity index is 2.10. The summed E-state index contributed by atoms with van der Waals surface area (Å²) in [5.41, 5.74) is 7.65. The van der Waals surface area contributed by atoms with Crippen molar-refractivity contribution in [2.45, 2.75) is 18.9 Å². The van der Waals surface area contributed by atoms with Gasteiger partial charge in [0.2, 0.25) is 0 Å². The third-order valence-electron chi connectivity index (χ3n) is 3.49. The number of hydrogen-bond donors (Lipinski definition) is 2. The van der Waals surface area contributed by atoms with Crippen LogP contribution in [0.2, 0.25) is 0 Å². The Bertz CT molecular complexity index is 568. The van der Waals surface area contributed by atoms with Gasteiger partial charge in [0.1, 0.15) is 11.6 Å². The molecule has 0 aromatic heterocycles. The first kappa shape index (κ1) is 15.3. The molecule has 1 atom stereocenters. The average molecular weight is 288 g/mol. The normalized spacial score (nSPS) is 13.5. The summed E-state index contributed by atoms with van der Waals surface area (Å²) in [6.07, 6.45) is 0.769. The Morgan fingerprint density at radius 3 is 2.24 bits per heavy atom. The summed E-state index contributed by atoms with van der Waals surface area (Å²) in [4.78, 5) is 0. The zero-order chi connectivity index (χ0) is 15.3. The van der Waals surface area contributed by atoms with Crippen LogP contribution < -0.4 is 15.8 Å². The molecule has 0 aliphatic rings. The predicted molar refractivity (Wildman–Crippen MR) is 84.2 cm³/mol. The van der Waals surface area contributed by atoms with E-state index >= 15 is 0 Å². The van der Waals surface area contributed by atoms with E-state index < -0.39 is 0 Å². The van der Waals surface area contributed by atoms with Crippen molar-refractivity contribution in [2.24, 2.45) is 5.73 Å². The Kier molecular flexibility index (Phi) is 4.81. The second kappa shape index (κ2) is 6.59. The van der Waals surface area contributed by atoms with Crippen LogP contribution in [0.25, 0.3) is 0 Å². The molecule has 0 aliphatic carbocycles. The number of methoxy groups -OCH3 is 1. The maximum Gasteiger partial charge on any atom is 0.123 e. The number of rotatable bonds is 6. The highest BCUT2D eigenvalue weighted by Crippen LogP contribution is 2.21. The van der Waals surface area contributed by atoms with Gasteiger partial charge in [-0.3, -0.25) is 0 Å². The molecule has 2 rings (SSSR count). The summed E-state index contributed by atoms with van der Waals surface area (Å²) in [5.74, 6) is 0.588. The molecule has 4 heteroatoms. The second-order valence-electron chi connectivity index (χ2n) is 5.42. The maximum atomic E-state index is 13.0. The number of benzene rings is 2. The third-order valence-corrected chi connectivity index (χ3v) is 3.49. The SMILES string of the molecule is COc1ccc(CC(C)(CN)Nc2ccc(F)cc2)cc1. The van der Waals surface area contributed by atoms with Gasteiger partial charge in [-0.05, 0) is 55.3 Å². The van der Waals surface area contributed by atoms with Gasteiger partial charge in [0, 0.05) is 12.2 Å². The smallest absolute Gasteiger partial charge is 0.123 e. The molecule has 112 valence electrons. The van der Waals surface area contributed by atoms with E-state index in [9.17, 15) is 4.39 Å². The summed E-state index contributed by atoms with van der Waals surface area (Å²) in [6, 6.07) is 14.2. The highest BCUT2D eigenvalue weighted by molar-refractivity contribution is 5.46. The fourth-order valence-electron chi connectivity index (χ4n) is 2.24. The monoisotopic (exact) mass is 288 g/mol. The average Bonchev–Trinajstić information content (AvgIpc) is 2.50. The van der Waals surface area contributed by atoms with Crippen LogP contribution in [0.15, 0.2) is 48.5 Å². The van der Waals surface area contributed by atoms with Crippen LogP contribution in [0.3, 0.4) is 0 Å². The van der Waals surface area contributed by atoms with E-state index in [2.05, 4.69) is 12.2 Å². The Morgan fingerprint density at radius 1 is 1.10 bits per heavy atom. The Hall–Kier alpha value is -2.07. The van der Waals surface area contributed by atoms with Crippen LogP contribution in [-0.4, -0.2) is 19.2 Å². The molecule has 1 unspecified atom stereocenters. The molecule has 0 fully saturated rings. The molecular formula is C17H21FN2O. The molecule has 3 N–H and O–H groups in total. The van der Waals surface area contributed by atoms with Crippen LogP contribution >= 0.6 is 0 Å². The van der Waals surface area contributed by atoms with E-state index in [1.54, 1.807) is 19.2 Å². The fraction of sp³-hybridized carbons (Fsp3) is 0.294. The fourth-order valence-corrected chi connectivity index (χ4v) is 2.24. The first-order chi connectivity index (χ1) is 10.0. The molecule has 0 bridgehead atoms. The van der Waals surface area contributed by atoms with Gasteiger partial charge in [0.05, 0.1) is 12.6 Å². The summed E-state index contributed by atoms with van der Waals surface area (Å²) in [7, 11) is 1.65. The van der Waals surface area contributed by atoms with Crippen LogP contribution in [0.5, 0.6) is 5.75 Å². The minimum atomic E-state index is -0.299. The molecule has 0 heterocycles. The number of nitrogens with two attached hydrogens (primary N) is 1. The van der Waals surface area contributed by atoms with Gasteiger partial charge in [0.25, 0.3) is 0 Å². The minimum Gasteiger partial charge on any atom is -0.497 e. The summed E-state index contributed by atoms with van der Waals surface area (Å²) < 4.78 is 18.1. The van der Waals surface area contributed by atoms with Crippen LogP contribution in [0.4, 0.5) is 10.1 Å². The third kappa shape index (κ3) is 4.20. The highest BCUT2D eigenvalue weighted by Gasteiger charge is 2.22. The molecule has 2 aromatic carbocycles. The lowest BCUT2D eigenvalue weighted by Gasteiger charge is -2.31. The highest BCUT2D eigenvalue weighted by atomic mass is 19.1. The number of hydrogen-bond acceptors (Lipinski definition) is 3. The molecule has 0 spiro atoms. The van der Waals surface area contributed by atoms with Gasteiger partial charge in [0.15, 0.2) is 0 Å². The molecule has 2 aromatic rings. The molecule has 0 amide bonds. The van der Waals surface area contributed by atoms with Gasteiger partial charge in [-0.1, -0.05) is 12.1 Å². The predicted octanol–water partition coefficient (Wildman–Crippen LogP) is 3.21. The van der Waals surface area contributed by atoms with E-state index in [0.717, 1.165) is 17.9 Å². The number of nitrogens with one attached hydrogen (secondary N) is 1. The molecule has 0 aliphatic heterocycles. The van der Waals surface area contributed by atoms with Gasteiger partial charge in [-0.25, -0.2) is 4.39 Å². The van der Waals surface area contributed by atoms with Crippen molar-refractivity contribution in [3.8, 4) is 5.75 Å². The summed E-state index contributed by atoms with van der Waals surface area (Å²) in [6.45, 7) is 2.52. The number of ether oxygens (including phenoxy) is 1. The van der Waals surface area contributed by atoms with Crippen molar-refractivity contribution in [3.05, 3.63) is 59.9 Å². The first-order valence-corrected chi connectivity index (χ1v) is 6.91. The lowest BCUT2D eigenvalue weighted by Crippen LogP contribution is -2.44. The van der Waals surface area contributed by atoms with Crippen LogP contribution in [0.1, 0.15) is 12.5 Å². The van der Waals surface area contributed by atoms with E-state index in [1.165, 1.54) is 17.7 Å². The largest absolute Gasteiger partial charge is 0.497 e. The summed E-state index contributed by atoms with van der Waals surface area (Å²) >= 11 is 0. The van der Waals surface area contributed by atoms with Crippen molar-refractivity contribution in [1.29, 1.82) is 0 Å². The number of halogens is 1. The first-order valence-electron chi connectivity index (χ1n) is 6.91. The van der Waals surface area contributed by atoms with E-state index in [-0.39, 0.29) is 11.4 Å². The molecule has 21 heavy (non-hydrogen) atoms.